The summed E-state index contributed by atoms with van der Waals surface area (Å²) in [5, 5.41) is 4.21. The molecule has 0 aliphatic rings. The van der Waals surface area contributed by atoms with Crippen molar-refractivity contribution in [3.8, 4) is 33.4 Å². The van der Waals surface area contributed by atoms with Gasteiger partial charge in [-0.25, -0.2) is 0 Å². The second-order valence-electron chi connectivity index (χ2n) is 12.9. The van der Waals surface area contributed by atoms with E-state index in [2.05, 4.69) is 181 Å². The zero-order chi connectivity index (χ0) is 33.7. The van der Waals surface area contributed by atoms with Crippen LogP contribution in [0.15, 0.2) is 197 Å². The summed E-state index contributed by atoms with van der Waals surface area (Å²) in [6.07, 6.45) is 0. The van der Waals surface area contributed by atoms with Gasteiger partial charge in [-0.1, -0.05) is 133 Å². The summed E-state index contributed by atoms with van der Waals surface area (Å²) < 4.78 is 13.2. The van der Waals surface area contributed by atoms with E-state index in [9.17, 15) is 0 Å². The summed E-state index contributed by atoms with van der Waals surface area (Å²) >= 11 is 0. The Morgan fingerprint density at radius 1 is 0.314 bits per heavy atom. The van der Waals surface area contributed by atoms with Gasteiger partial charge in [-0.15, -0.1) is 0 Å². The lowest BCUT2D eigenvalue weighted by atomic mass is 9.99. The minimum Gasteiger partial charge on any atom is -0.456 e. The van der Waals surface area contributed by atoms with Gasteiger partial charge in [0.25, 0.3) is 0 Å². The van der Waals surface area contributed by atoms with Crippen LogP contribution >= 0.6 is 0 Å². The molecule has 10 rings (SSSR count). The molecule has 0 fully saturated rings. The molecule has 51 heavy (non-hydrogen) atoms. The van der Waals surface area contributed by atoms with Crippen molar-refractivity contribution in [2.24, 2.45) is 0 Å². The second kappa shape index (κ2) is 11.9. The number of para-hydroxylation sites is 1. The Labute approximate surface area is 295 Å². The van der Waals surface area contributed by atoms with E-state index in [0.717, 1.165) is 72.1 Å². The zero-order valence-electron chi connectivity index (χ0n) is 27.7. The van der Waals surface area contributed by atoms with Crippen molar-refractivity contribution in [3.63, 3.8) is 0 Å². The molecular weight excluding hydrogens is 623 g/mol. The smallest absolute Gasteiger partial charge is 0.137 e. The highest BCUT2D eigenvalue weighted by molar-refractivity contribution is 6.20. The molecule has 0 radical (unpaired) electrons. The van der Waals surface area contributed by atoms with Crippen LogP contribution in [0.5, 0.6) is 0 Å². The van der Waals surface area contributed by atoms with Crippen LogP contribution in [0.4, 0.5) is 17.1 Å². The van der Waals surface area contributed by atoms with Gasteiger partial charge in [0.2, 0.25) is 0 Å². The lowest BCUT2D eigenvalue weighted by molar-refractivity contribution is 0.664. The van der Waals surface area contributed by atoms with Crippen molar-refractivity contribution in [1.82, 2.24) is 0 Å². The molecular formula is C48H31NO2. The first kappa shape index (κ1) is 29.1. The number of fused-ring (bicyclic) bond motifs is 6. The third-order valence-corrected chi connectivity index (χ3v) is 9.88. The Morgan fingerprint density at radius 2 is 0.765 bits per heavy atom. The number of nitrogens with zero attached hydrogens (tertiary/aromatic N) is 1. The van der Waals surface area contributed by atoms with Crippen LogP contribution in [0.1, 0.15) is 0 Å². The van der Waals surface area contributed by atoms with Gasteiger partial charge in [0.15, 0.2) is 0 Å². The van der Waals surface area contributed by atoms with Gasteiger partial charge in [0, 0.05) is 27.5 Å². The highest BCUT2D eigenvalue weighted by atomic mass is 16.3. The molecule has 0 saturated carbocycles. The Hall–Kier alpha value is -6.84. The van der Waals surface area contributed by atoms with Crippen LogP contribution in [-0.2, 0) is 0 Å². The van der Waals surface area contributed by atoms with Crippen molar-refractivity contribution >= 4 is 60.9 Å². The normalized spacial score (nSPS) is 11.5. The molecule has 0 atom stereocenters. The number of hydrogen-bond acceptors (Lipinski definition) is 3. The van der Waals surface area contributed by atoms with Crippen molar-refractivity contribution in [3.05, 3.63) is 188 Å². The molecule has 0 spiro atoms. The van der Waals surface area contributed by atoms with E-state index in [0.29, 0.717) is 0 Å². The Bertz CT molecular complexity index is 2820. The number of rotatable bonds is 6. The first-order valence-electron chi connectivity index (χ1n) is 17.3. The van der Waals surface area contributed by atoms with E-state index in [4.69, 9.17) is 8.83 Å². The quantitative estimate of drug-likeness (QED) is 0.179. The van der Waals surface area contributed by atoms with Crippen LogP contribution in [0.25, 0.3) is 77.3 Å². The van der Waals surface area contributed by atoms with Crippen molar-refractivity contribution in [2.75, 3.05) is 4.90 Å². The van der Waals surface area contributed by atoms with E-state index in [1.807, 2.05) is 12.1 Å². The van der Waals surface area contributed by atoms with E-state index >= 15 is 0 Å². The molecule has 3 nitrogen and oxygen atoms in total. The monoisotopic (exact) mass is 653 g/mol. The fourth-order valence-electron chi connectivity index (χ4n) is 7.46. The molecule has 0 aliphatic heterocycles. The highest BCUT2D eigenvalue weighted by Crippen LogP contribution is 2.45. The highest BCUT2D eigenvalue weighted by Gasteiger charge is 2.21. The molecule has 10 aromatic rings. The van der Waals surface area contributed by atoms with Gasteiger partial charge in [-0.2, -0.15) is 0 Å². The Morgan fingerprint density at radius 3 is 1.37 bits per heavy atom. The molecule has 2 heterocycles. The maximum absolute atomic E-state index is 6.64. The Kier molecular flexibility index (Phi) is 6.81. The average molecular weight is 654 g/mol. The number of hydrogen-bond donors (Lipinski definition) is 0. The lowest BCUT2D eigenvalue weighted by Crippen LogP contribution is -2.10. The largest absolute Gasteiger partial charge is 0.456 e. The molecule has 0 unspecified atom stereocenters. The fourth-order valence-corrected chi connectivity index (χ4v) is 7.46. The number of benzene rings is 8. The predicted molar refractivity (Wildman–Crippen MR) is 212 cm³/mol. The maximum Gasteiger partial charge on any atom is 0.137 e. The van der Waals surface area contributed by atoms with Gasteiger partial charge in [0.1, 0.15) is 22.3 Å². The van der Waals surface area contributed by atoms with Crippen molar-refractivity contribution in [1.29, 1.82) is 0 Å². The number of anilines is 3. The van der Waals surface area contributed by atoms with Gasteiger partial charge in [0.05, 0.1) is 11.1 Å². The summed E-state index contributed by atoms with van der Waals surface area (Å²) in [4.78, 5) is 2.32. The van der Waals surface area contributed by atoms with Crippen LogP contribution in [0.3, 0.4) is 0 Å². The van der Waals surface area contributed by atoms with Crippen LogP contribution in [-0.4, -0.2) is 0 Å². The summed E-state index contributed by atoms with van der Waals surface area (Å²) in [5.41, 5.74) is 13.6. The minimum atomic E-state index is 0.831. The molecule has 240 valence electrons. The van der Waals surface area contributed by atoms with E-state index in [-0.39, 0.29) is 0 Å². The Balaban J connectivity index is 1.10. The molecule has 2 aromatic heterocycles. The van der Waals surface area contributed by atoms with Crippen LogP contribution in [0.2, 0.25) is 0 Å². The number of furan rings is 2. The van der Waals surface area contributed by atoms with E-state index in [1.165, 1.54) is 22.3 Å². The summed E-state index contributed by atoms with van der Waals surface area (Å²) in [6.45, 7) is 0. The third-order valence-electron chi connectivity index (χ3n) is 9.88. The molecule has 3 heteroatoms. The van der Waals surface area contributed by atoms with Crippen LogP contribution < -0.4 is 4.90 Å². The topological polar surface area (TPSA) is 29.5 Å². The fraction of sp³-hybridized carbons (Fsp3) is 0. The predicted octanol–water partition coefficient (Wildman–Crippen LogP) is 14.0. The van der Waals surface area contributed by atoms with Gasteiger partial charge >= 0.3 is 0 Å². The molecule has 0 bridgehead atoms. The standard InChI is InChI=1S/C48H31NO2/c1-4-12-32(13-5-1)33-22-24-34(25-23-33)35-26-28-38(29-27-35)49(37-16-8-3-9-17-37)42-19-11-21-44-48(42)41-31-45-40(30-46(41)51-44)47-39(18-10-20-43(47)50-45)36-14-6-2-7-15-36/h1-31H. The molecule has 0 saturated heterocycles. The average Bonchev–Trinajstić information content (AvgIpc) is 3.76. The van der Waals surface area contributed by atoms with Crippen molar-refractivity contribution < 1.29 is 8.83 Å². The summed E-state index contributed by atoms with van der Waals surface area (Å²) in [7, 11) is 0. The van der Waals surface area contributed by atoms with E-state index < -0.39 is 0 Å². The lowest BCUT2D eigenvalue weighted by Gasteiger charge is -2.26. The minimum absolute atomic E-state index is 0.831. The maximum atomic E-state index is 6.64. The molecule has 0 N–H and O–H groups in total. The first-order valence-corrected chi connectivity index (χ1v) is 17.3. The van der Waals surface area contributed by atoms with E-state index in [1.54, 1.807) is 0 Å². The molecule has 0 amide bonds. The summed E-state index contributed by atoms with van der Waals surface area (Å²) in [6, 6.07) is 66.0. The first-order chi connectivity index (χ1) is 25.3. The summed E-state index contributed by atoms with van der Waals surface area (Å²) in [5.74, 6) is 0. The van der Waals surface area contributed by atoms with Gasteiger partial charge < -0.3 is 13.7 Å². The zero-order valence-corrected chi connectivity index (χ0v) is 27.7. The van der Waals surface area contributed by atoms with Gasteiger partial charge in [-0.05, 0) is 88.0 Å². The third kappa shape index (κ3) is 4.98. The molecule has 0 aliphatic carbocycles. The van der Waals surface area contributed by atoms with Crippen molar-refractivity contribution in [2.45, 2.75) is 0 Å². The van der Waals surface area contributed by atoms with Crippen LogP contribution in [0, 0.1) is 0 Å². The second-order valence-corrected chi connectivity index (χ2v) is 12.9. The SMILES string of the molecule is c1ccc(-c2ccc(-c3ccc(N(c4ccccc4)c4cccc5oc6cc7c(cc6c45)oc4cccc(-c5ccccc5)c47)cc3)cc2)cc1. The molecule has 8 aromatic carbocycles. The van der Waals surface area contributed by atoms with Gasteiger partial charge in [-0.3, -0.25) is 0 Å².